The first-order valence-corrected chi connectivity index (χ1v) is 11.6. The molecular formula is C27H25ClN2O4. The maximum absolute atomic E-state index is 13.9. The van der Waals surface area contributed by atoms with Crippen LogP contribution in [0.4, 0.5) is 0 Å². The van der Waals surface area contributed by atoms with Gasteiger partial charge in [-0.2, -0.15) is 0 Å². The molecule has 174 valence electrons. The second kappa shape index (κ2) is 7.86. The van der Waals surface area contributed by atoms with Gasteiger partial charge in [-0.05, 0) is 80.3 Å². The molecule has 1 heterocycles. The third-order valence-electron chi connectivity index (χ3n) is 6.43. The van der Waals surface area contributed by atoms with Crippen LogP contribution in [0.25, 0.3) is 16.7 Å². The second-order valence-electron chi connectivity index (χ2n) is 9.66. The Labute approximate surface area is 201 Å². The minimum absolute atomic E-state index is 0.200. The number of carbonyl (C=O) groups is 1. The molecule has 3 aromatic carbocycles. The van der Waals surface area contributed by atoms with E-state index in [2.05, 4.69) is 0 Å². The van der Waals surface area contributed by atoms with Crippen molar-refractivity contribution in [2.24, 2.45) is 0 Å². The van der Waals surface area contributed by atoms with E-state index >= 15 is 0 Å². The highest BCUT2D eigenvalue weighted by atomic mass is 35.5. The molecule has 0 radical (unpaired) electrons. The fourth-order valence-electron chi connectivity index (χ4n) is 4.80. The Kier molecular flexibility index (Phi) is 5.19. The fourth-order valence-corrected chi connectivity index (χ4v) is 4.96. The van der Waals surface area contributed by atoms with Crippen molar-refractivity contribution in [2.45, 2.75) is 44.2 Å². The molecule has 0 spiro atoms. The Morgan fingerprint density at radius 3 is 2.35 bits per heavy atom. The Bertz CT molecular complexity index is 1470. The maximum atomic E-state index is 13.9. The number of hydrogen-bond donors (Lipinski definition) is 2. The van der Waals surface area contributed by atoms with Gasteiger partial charge in [0.15, 0.2) is 0 Å². The number of carboxylic acid groups (broad SMARTS) is 1. The molecule has 5 rings (SSSR count). The van der Waals surface area contributed by atoms with Crippen LogP contribution in [0.5, 0.6) is 0 Å². The molecule has 0 atom stereocenters. The molecule has 1 aromatic heterocycles. The van der Waals surface area contributed by atoms with Crippen molar-refractivity contribution in [1.29, 1.82) is 0 Å². The Morgan fingerprint density at radius 2 is 1.74 bits per heavy atom. The van der Waals surface area contributed by atoms with E-state index in [1.165, 1.54) is 0 Å². The standard InChI is InChI=1S/C27H25ClN2O4/c1-26(2,34)16-17-6-9-21(10-7-17)29-23-15-20(28)8-11-22(23)30(25(29)33)27(12-13-27)19-5-3-4-18(14-19)24(31)32/h3-11,14-15,34H,12-13,16H2,1-2H3,(H,31,32). The molecule has 0 amide bonds. The topological polar surface area (TPSA) is 84.5 Å². The largest absolute Gasteiger partial charge is 0.478 e. The molecule has 1 aliphatic rings. The third kappa shape index (κ3) is 3.83. The van der Waals surface area contributed by atoms with Crippen molar-refractivity contribution in [3.8, 4) is 5.69 Å². The van der Waals surface area contributed by atoms with Gasteiger partial charge in [0.25, 0.3) is 0 Å². The summed E-state index contributed by atoms with van der Waals surface area (Å²) in [4.78, 5) is 25.5. The minimum Gasteiger partial charge on any atom is -0.478 e. The van der Waals surface area contributed by atoms with Crippen LogP contribution in [0.2, 0.25) is 5.02 Å². The number of benzene rings is 3. The van der Waals surface area contributed by atoms with E-state index in [0.29, 0.717) is 22.6 Å². The number of carboxylic acids is 1. The van der Waals surface area contributed by atoms with Crippen LogP contribution in [0, 0.1) is 0 Å². The number of halogens is 1. The molecule has 2 N–H and O–H groups in total. The molecule has 1 saturated carbocycles. The minimum atomic E-state index is -0.995. The molecule has 6 nitrogen and oxygen atoms in total. The quantitative estimate of drug-likeness (QED) is 0.410. The summed E-state index contributed by atoms with van der Waals surface area (Å²) < 4.78 is 3.43. The summed E-state index contributed by atoms with van der Waals surface area (Å²) in [7, 11) is 0. The molecule has 0 bridgehead atoms. The monoisotopic (exact) mass is 476 g/mol. The summed E-state index contributed by atoms with van der Waals surface area (Å²) >= 11 is 6.32. The first-order valence-electron chi connectivity index (χ1n) is 11.2. The Balaban J connectivity index is 1.69. The summed E-state index contributed by atoms with van der Waals surface area (Å²) in [5, 5.41) is 20.1. The number of rotatable bonds is 6. The molecular weight excluding hydrogens is 452 g/mol. The molecule has 0 aliphatic heterocycles. The van der Waals surface area contributed by atoms with Crippen LogP contribution in [0.1, 0.15) is 48.2 Å². The lowest BCUT2D eigenvalue weighted by atomic mass is 9.99. The molecule has 34 heavy (non-hydrogen) atoms. The van der Waals surface area contributed by atoms with Gasteiger partial charge in [0.1, 0.15) is 0 Å². The lowest BCUT2D eigenvalue weighted by molar-refractivity contribution is 0.0696. The average Bonchev–Trinajstić information content (AvgIpc) is 3.52. The van der Waals surface area contributed by atoms with Crippen molar-refractivity contribution in [3.05, 3.63) is 98.9 Å². The summed E-state index contributed by atoms with van der Waals surface area (Å²) in [5.74, 6) is -0.995. The van der Waals surface area contributed by atoms with Crippen LogP contribution in [-0.2, 0) is 12.0 Å². The van der Waals surface area contributed by atoms with Gasteiger partial charge in [-0.25, -0.2) is 9.59 Å². The third-order valence-corrected chi connectivity index (χ3v) is 6.67. The van der Waals surface area contributed by atoms with Gasteiger partial charge in [-0.15, -0.1) is 0 Å². The first-order chi connectivity index (χ1) is 16.1. The van der Waals surface area contributed by atoms with E-state index in [4.69, 9.17) is 11.6 Å². The highest BCUT2D eigenvalue weighted by molar-refractivity contribution is 6.31. The van der Waals surface area contributed by atoms with Crippen molar-refractivity contribution in [3.63, 3.8) is 0 Å². The zero-order valence-corrected chi connectivity index (χ0v) is 19.7. The summed E-state index contributed by atoms with van der Waals surface area (Å²) in [6, 6.07) is 19.8. The second-order valence-corrected chi connectivity index (χ2v) is 10.1. The lowest BCUT2D eigenvalue weighted by Gasteiger charge is -2.19. The van der Waals surface area contributed by atoms with E-state index in [1.807, 2.05) is 36.4 Å². The van der Waals surface area contributed by atoms with Gasteiger partial charge >= 0.3 is 11.7 Å². The number of imidazole rings is 1. The van der Waals surface area contributed by atoms with E-state index in [0.717, 1.165) is 29.5 Å². The number of hydrogen-bond acceptors (Lipinski definition) is 3. The van der Waals surface area contributed by atoms with E-state index < -0.39 is 17.1 Å². The summed E-state index contributed by atoms with van der Waals surface area (Å²) in [5.41, 5.74) is 2.48. The van der Waals surface area contributed by atoms with Gasteiger partial charge in [0.2, 0.25) is 0 Å². The van der Waals surface area contributed by atoms with Crippen LogP contribution in [-0.4, -0.2) is 30.9 Å². The van der Waals surface area contributed by atoms with Gasteiger partial charge in [-0.1, -0.05) is 35.9 Å². The zero-order chi connectivity index (χ0) is 24.3. The predicted octanol–water partition coefficient (Wildman–Crippen LogP) is 4.99. The van der Waals surface area contributed by atoms with E-state index in [9.17, 15) is 19.8 Å². The fraction of sp³-hybridized carbons (Fsp3) is 0.259. The molecule has 0 saturated heterocycles. The molecule has 0 unspecified atom stereocenters. The summed E-state index contributed by atoms with van der Waals surface area (Å²) in [6.07, 6.45) is 1.98. The van der Waals surface area contributed by atoms with E-state index in [1.54, 1.807) is 53.3 Å². The smallest absolute Gasteiger partial charge is 0.335 e. The predicted molar refractivity (Wildman–Crippen MR) is 132 cm³/mol. The Hall–Kier alpha value is -3.35. The zero-order valence-electron chi connectivity index (χ0n) is 19.0. The SMILES string of the molecule is CC(C)(O)Cc1ccc(-n2c(=O)n(C3(c4cccc(C(=O)O)c4)CC3)c3ccc(Cl)cc32)cc1. The highest BCUT2D eigenvalue weighted by Gasteiger charge is 2.49. The first kappa shape index (κ1) is 22.4. The van der Waals surface area contributed by atoms with Gasteiger partial charge in [0.05, 0.1) is 33.4 Å². The van der Waals surface area contributed by atoms with Gasteiger partial charge in [0, 0.05) is 11.4 Å². The van der Waals surface area contributed by atoms with Crippen molar-refractivity contribution in [1.82, 2.24) is 9.13 Å². The van der Waals surface area contributed by atoms with Gasteiger partial charge in [-0.3, -0.25) is 9.13 Å². The maximum Gasteiger partial charge on any atom is 0.335 e. The summed E-state index contributed by atoms with van der Waals surface area (Å²) in [6.45, 7) is 3.52. The number of nitrogens with zero attached hydrogens (tertiary/aromatic N) is 2. The van der Waals surface area contributed by atoms with Gasteiger partial charge < -0.3 is 10.2 Å². The number of fused-ring (bicyclic) bond motifs is 1. The van der Waals surface area contributed by atoms with Crippen LogP contribution in [0.15, 0.2) is 71.5 Å². The normalized spacial score (nSPS) is 14.9. The number of aliphatic hydroxyl groups is 1. The van der Waals surface area contributed by atoms with Crippen LogP contribution >= 0.6 is 11.6 Å². The van der Waals surface area contributed by atoms with Crippen molar-refractivity contribution >= 4 is 28.6 Å². The van der Waals surface area contributed by atoms with Crippen LogP contribution < -0.4 is 5.69 Å². The van der Waals surface area contributed by atoms with E-state index in [-0.39, 0.29) is 11.3 Å². The average molecular weight is 477 g/mol. The lowest BCUT2D eigenvalue weighted by Crippen LogP contribution is -2.32. The molecule has 4 aromatic rings. The van der Waals surface area contributed by atoms with Crippen molar-refractivity contribution in [2.75, 3.05) is 0 Å². The molecule has 1 fully saturated rings. The molecule has 7 heteroatoms. The van der Waals surface area contributed by atoms with Crippen molar-refractivity contribution < 1.29 is 15.0 Å². The van der Waals surface area contributed by atoms with Crippen LogP contribution in [0.3, 0.4) is 0 Å². The molecule has 1 aliphatic carbocycles. The number of aromatic nitrogens is 2. The highest BCUT2D eigenvalue weighted by Crippen LogP contribution is 2.50. The Morgan fingerprint density at radius 1 is 1.03 bits per heavy atom. The number of aromatic carboxylic acids is 1.